The van der Waals surface area contributed by atoms with Crippen LogP contribution in [0.5, 0.6) is 0 Å². The molecule has 2 aliphatic rings. The molecule has 2 aromatic carbocycles. The standard InChI is InChI=1S/C26H33FN4O2/c1-30-17-20(25(32)29-22-9-7-21(27)8-10-22)16-24(30)19-11-13-31(14-12-19)26(33)23(28)15-18-5-3-2-4-6-18/h2-10,19-20,23-24H,11-17,28H2,1H3,(H,29,32)/t20-,23-,24+/m1/s1. The molecule has 2 aliphatic heterocycles. The number of nitrogens with two attached hydrogens (primary N) is 1. The Bertz CT molecular complexity index is 945. The van der Waals surface area contributed by atoms with Crippen LogP contribution in [0.25, 0.3) is 0 Å². The highest BCUT2D eigenvalue weighted by molar-refractivity contribution is 5.92. The van der Waals surface area contributed by atoms with Gasteiger partial charge in [0.05, 0.1) is 12.0 Å². The van der Waals surface area contributed by atoms with Crippen LogP contribution in [-0.2, 0) is 16.0 Å². The Balaban J connectivity index is 1.26. The largest absolute Gasteiger partial charge is 0.341 e. The molecular formula is C26H33FN4O2. The molecule has 2 aromatic rings. The van der Waals surface area contributed by atoms with Gasteiger partial charge in [-0.25, -0.2) is 4.39 Å². The number of piperidine rings is 1. The van der Waals surface area contributed by atoms with E-state index < -0.39 is 6.04 Å². The number of halogens is 1. The molecule has 2 saturated heterocycles. The summed E-state index contributed by atoms with van der Waals surface area (Å²) >= 11 is 0. The van der Waals surface area contributed by atoms with Crippen molar-refractivity contribution >= 4 is 17.5 Å². The van der Waals surface area contributed by atoms with Crippen molar-refractivity contribution < 1.29 is 14.0 Å². The number of hydrogen-bond acceptors (Lipinski definition) is 4. The summed E-state index contributed by atoms with van der Waals surface area (Å²) in [4.78, 5) is 29.8. The molecule has 2 heterocycles. The molecule has 0 radical (unpaired) electrons. The third-order valence-corrected chi connectivity index (χ3v) is 7.09. The maximum atomic E-state index is 13.1. The molecule has 3 atom stereocenters. The normalized spacial score (nSPS) is 22.8. The molecule has 176 valence electrons. The van der Waals surface area contributed by atoms with Gasteiger partial charge >= 0.3 is 0 Å². The first-order valence-electron chi connectivity index (χ1n) is 11.8. The summed E-state index contributed by atoms with van der Waals surface area (Å²) in [6.45, 7) is 2.13. The SMILES string of the molecule is CN1C[C@H](C(=O)Nc2ccc(F)cc2)C[C@H]1C1CCN(C(=O)[C@H](N)Cc2ccccc2)CC1. The van der Waals surface area contributed by atoms with Crippen molar-refractivity contribution in [1.82, 2.24) is 9.80 Å². The molecule has 0 unspecified atom stereocenters. The highest BCUT2D eigenvalue weighted by Gasteiger charge is 2.40. The Morgan fingerprint density at radius 3 is 2.42 bits per heavy atom. The van der Waals surface area contributed by atoms with Gasteiger partial charge in [0.25, 0.3) is 0 Å². The smallest absolute Gasteiger partial charge is 0.239 e. The highest BCUT2D eigenvalue weighted by Crippen LogP contribution is 2.33. The maximum absolute atomic E-state index is 13.1. The van der Waals surface area contributed by atoms with Gasteiger partial charge in [-0.05, 0) is 68.5 Å². The van der Waals surface area contributed by atoms with Gasteiger partial charge in [0, 0.05) is 31.4 Å². The summed E-state index contributed by atoms with van der Waals surface area (Å²) in [5, 5.41) is 2.91. The molecule has 7 heteroatoms. The molecule has 0 saturated carbocycles. The second-order valence-corrected chi connectivity index (χ2v) is 9.39. The van der Waals surface area contributed by atoms with E-state index >= 15 is 0 Å². The maximum Gasteiger partial charge on any atom is 0.239 e. The molecule has 3 N–H and O–H groups in total. The van der Waals surface area contributed by atoms with Crippen LogP contribution in [0.3, 0.4) is 0 Å². The van der Waals surface area contributed by atoms with Crippen molar-refractivity contribution in [3.63, 3.8) is 0 Å². The lowest BCUT2D eigenvalue weighted by atomic mass is 9.86. The topological polar surface area (TPSA) is 78.7 Å². The molecule has 2 amide bonds. The van der Waals surface area contributed by atoms with Crippen LogP contribution in [0.4, 0.5) is 10.1 Å². The van der Waals surface area contributed by atoms with Crippen molar-refractivity contribution in [3.05, 3.63) is 66.0 Å². The highest BCUT2D eigenvalue weighted by atomic mass is 19.1. The summed E-state index contributed by atoms with van der Waals surface area (Å²) in [5.74, 6) is 0.0422. The third-order valence-electron chi connectivity index (χ3n) is 7.09. The Morgan fingerprint density at radius 1 is 1.09 bits per heavy atom. The van der Waals surface area contributed by atoms with Crippen LogP contribution in [0.1, 0.15) is 24.8 Å². The quantitative estimate of drug-likeness (QED) is 0.707. The molecule has 0 aromatic heterocycles. The Hall–Kier alpha value is -2.77. The number of nitrogens with one attached hydrogen (secondary N) is 1. The lowest BCUT2D eigenvalue weighted by molar-refractivity contribution is -0.134. The van der Waals surface area contributed by atoms with Crippen molar-refractivity contribution in [1.29, 1.82) is 0 Å². The minimum absolute atomic E-state index is 0.0181. The fourth-order valence-electron chi connectivity index (χ4n) is 5.24. The zero-order valence-electron chi connectivity index (χ0n) is 19.1. The number of rotatable bonds is 6. The Labute approximate surface area is 194 Å². The number of carbonyl (C=O) groups is 2. The van der Waals surface area contributed by atoms with Crippen LogP contribution in [0.15, 0.2) is 54.6 Å². The van der Waals surface area contributed by atoms with Crippen molar-refractivity contribution in [2.24, 2.45) is 17.6 Å². The van der Waals surface area contributed by atoms with E-state index in [9.17, 15) is 14.0 Å². The van der Waals surface area contributed by atoms with Gasteiger partial charge in [0.1, 0.15) is 5.82 Å². The summed E-state index contributed by atoms with van der Waals surface area (Å²) < 4.78 is 13.1. The number of nitrogens with zero attached hydrogens (tertiary/aromatic N) is 2. The molecule has 6 nitrogen and oxygen atoms in total. The van der Waals surface area contributed by atoms with Crippen LogP contribution < -0.4 is 11.1 Å². The molecule has 0 bridgehead atoms. The predicted octanol–water partition coefficient (Wildman–Crippen LogP) is 2.89. The van der Waals surface area contributed by atoms with Gasteiger partial charge in [-0.3, -0.25) is 9.59 Å². The van der Waals surface area contributed by atoms with E-state index in [1.165, 1.54) is 12.1 Å². The van der Waals surface area contributed by atoms with Gasteiger partial charge in [-0.15, -0.1) is 0 Å². The second kappa shape index (κ2) is 10.4. The van der Waals surface area contributed by atoms with E-state index in [1.807, 2.05) is 35.2 Å². The van der Waals surface area contributed by atoms with E-state index in [0.717, 1.165) is 24.8 Å². The van der Waals surface area contributed by atoms with E-state index in [2.05, 4.69) is 17.3 Å². The Kier molecular flexibility index (Phi) is 7.40. The van der Waals surface area contributed by atoms with E-state index in [4.69, 9.17) is 5.73 Å². The van der Waals surface area contributed by atoms with Gasteiger partial charge in [-0.1, -0.05) is 30.3 Å². The molecule has 2 fully saturated rings. The van der Waals surface area contributed by atoms with Gasteiger partial charge < -0.3 is 20.9 Å². The molecule has 0 spiro atoms. The average Bonchev–Trinajstić information content (AvgIpc) is 3.22. The molecule has 4 rings (SSSR count). The van der Waals surface area contributed by atoms with E-state index in [-0.39, 0.29) is 23.5 Å². The number of carbonyl (C=O) groups excluding carboxylic acids is 2. The summed E-state index contributed by atoms with van der Waals surface area (Å²) in [5.41, 5.74) is 7.91. The van der Waals surface area contributed by atoms with E-state index in [0.29, 0.717) is 43.7 Å². The van der Waals surface area contributed by atoms with Gasteiger partial charge in [-0.2, -0.15) is 0 Å². The van der Waals surface area contributed by atoms with Gasteiger partial charge in [0.15, 0.2) is 0 Å². The van der Waals surface area contributed by atoms with Crippen molar-refractivity contribution in [2.75, 3.05) is 32.0 Å². The third kappa shape index (κ3) is 5.78. The first-order chi connectivity index (χ1) is 15.9. The summed E-state index contributed by atoms with van der Waals surface area (Å²) in [7, 11) is 2.07. The Morgan fingerprint density at radius 2 is 1.76 bits per heavy atom. The lowest BCUT2D eigenvalue weighted by Crippen LogP contribution is -2.49. The summed E-state index contributed by atoms with van der Waals surface area (Å²) in [6, 6.07) is 15.5. The number of amides is 2. The zero-order chi connectivity index (χ0) is 23.4. The van der Waals surface area contributed by atoms with Crippen molar-refractivity contribution in [2.45, 2.75) is 37.8 Å². The minimum Gasteiger partial charge on any atom is -0.341 e. The monoisotopic (exact) mass is 452 g/mol. The van der Waals surface area contributed by atoms with Crippen LogP contribution in [0, 0.1) is 17.7 Å². The first kappa shape index (κ1) is 23.4. The minimum atomic E-state index is -0.516. The van der Waals surface area contributed by atoms with Crippen LogP contribution >= 0.6 is 0 Å². The molecule has 33 heavy (non-hydrogen) atoms. The van der Waals surface area contributed by atoms with Crippen LogP contribution in [-0.4, -0.2) is 60.4 Å². The molecule has 0 aliphatic carbocycles. The van der Waals surface area contributed by atoms with Crippen molar-refractivity contribution in [3.8, 4) is 0 Å². The first-order valence-corrected chi connectivity index (χ1v) is 11.8. The molecular weight excluding hydrogens is 419 g/mol. The van der Waals surface area contributed by atoms with Gasteiger partial charge in [0.2, 0.25) is 11.8 Å². The van der Waals surface area contributed by atoms with Crippen LogP contribution in [0.2, 0.25) is 0 Å². The fraction of sp³-hybridized carbons (Fsp3) is 0.462. The summed E-state index contributed by atoms with van der Waals surface area (Å²) in [6.07, 6.45) is 3.20. The average molecular weight is 453 g/mol. The number of anilines is 1. The number of benzene rings is 2. The predicted molar refractivity (Wildman–Crippen MR) is 127 cm³/mol. The number of likely N-dealkylation sites (tertiary alicyclic amines) is 2. The van der Waals surface area contributed by atoms with E-state index in [1.54, 1.807) is 12.1 Å². The fourth-order valence-corrected chi connectivity index (χ4v) is 5.24. The number of hydrogen-bond donors (Lipinski definition) is 2. The lowest BCUT2D eigenvalue weighted by Gasteiger charge is -2.38. The zero-order valence-corrected chi connectivity index (χ0v) is 19.1. The second-order valence-electron chi connectivity index (χ2n) is 9.39.